The van der Waals surface area contributed by atoms with Crippen LogP contribution in [-0.4, -0.2) is 35.6 Å². The van der Waals surface area contributed by atoms with Gasteiger partial charge in [0.05, 0.1) is 30.9 Å². The largest absolute Gasteiger partial charge is 0.493 e. The van der Waals surface area contributed by atoms with Crippen molar-refractivity contribution in [2.24, 2.45) is 11.7 Å². The maximum absolute atomic E-state index is 13.4. The Morgan fingerprint density at radius 3 is 2.37 bits per heavy atom. The fraction of sp³-hybridized carbons (Fsp3) is 0.700. The number of aliphatic hydroxyl groups is 2. The van der Waals surface area contributed by atoms with Gasteiger partial charge in [0.25, 0.3) is 0 Å². The minimum atomic E-state index is -4.52. The van der Waals surface area contributed by atoms with Gasteiger partial charge in [-0.1, -0.05) is 39.2 Å². The highest BCUT2D eigenvalue weighted by atomic mass is 19.4. The zero-order valence-electron chi connectivity index (χ0n) is 16.2. The van der Waals surface area contributed by atoms with Gasteiger partial charge in [-0.15, -0.1) is 0 Å². The van der Waals surface area contributed by atoms with Crippen molar-refractivity contribution < 1.29 is 28.1 Å². The molecule has 0 bridgehead atoms. The molecule has 0 saturated heterocycles. The molecule has 0 fully saturated rings. The SMILES string of the molecule is CCCCCC(C)COc1ccc(CCC(N)(CO)CO)cc1C(F)(F)F. The summed E-state index contributed by atoms with van der Waals surface area (Å²) in [5.41, 5.74) is 4.20. The Kier molecular flexibility index (Phi) is 9.56. The van der Waals surface area contributed by atoms with Gasteiger partial charge < -0.3 is 20.7 Å². The normalized spacial score (nSPS) is 13.6. The van der Waals surface area contributed by atoms with Gasteiger partial charge in [0, 0.05) is 0 Å². The number of hydrogen-bond donors (Lipinski definition) is 3. The van der Waals surface area contributed by atoms with Gasteiger partial charge in [-0.25, -0.2) is 0 Å². The summed E-state index contributed by atoms with van der Waals surface area (Å²) >= 11 is 0. The maximum atomic E-state index is 13.4. The summed E-state index contributed by atoms with van der Waals surface area (Å²) in [6.07, 6.45) is 0.0444. The van der Waals surface area contributed by atoms with Gasteiger partial charge in [-0.05, 0) is 42.9 Å². The molecule has 0 aliphatic rings. The predicted octanol–water partition coefficient (Wildman–Crippen LogP) is 3.92. The van der Waals surface area contributed by atoms with Crippen molar-refractivity contribution in [3.63, 3.8) is 0 Å². The number of halogens is 3. The zero-order chi connectivity index (χ0) is 20.5. The van der Waals surface area contributed by atoms with Crippen LogP contribution in [0.3, 0.4) is 0 Å². The van der Waals surface area contributed by atoms with E-state index in [2.05, 4.69) is 6.92 Å². The third kappa shape index (κ3) is 8.07. The van der Waals surface area contributed by atoms with Crippen LogP contribution >= 0.6 is 0 Å². The molecule has 0 aliphatic heterocycles. The average Bonchev–Trinajstić information content (AvgIpc) is 2.64. The Labute approximate surface area is 159 Å². The van der Waals surface area contributed by atoms with Crippen LogP contribution in [0.5, 0.6) is 5.75 Å². The van der Waals surface area contributed by atoms with Crippen LogP contribution < -0.4 is 10.5 Å². The quantitative estimate of drug-likeness (QED) is 0.472. The first-order valence-electron chi connectivity index (χ1n) is 9.48. The number of aryl methyl sites for hydroxylation is 1. The number of hydrogen-bond acceptors (Lipinski definition) is 4. The number of rotatable bonds is 12. The topological polar surface area (TPSA) is 75.7 Å². The molecule has 0 saturated carbocycles. The van der Waals surface area contributed by atoms with Crippen LogP contribution in [0.4, 0.5) is 13.2 Å². The first kappa shape index (κ1) is 23.7. The Morgan fingerprint density at radius 1 is 1.15 bits per heavy atom. The van der Waals surface area contributed by atoms with Crippen molar-refractivity contribution >= 4 is 0 Å². The summed E-state index contributed by atoms with van der Waals surface area (Å²) < 4.78 is 45.7. The summed E-state index contributed by atoms with van der Waals surface area (Å²) in [6.45, 7) is 3.45. The number of ether oxygens (including phenoxy) is 1. The highest BCUT2D eigenvalue weighted by Gasteiger charge is 2.35. The smallest absolute Gasteiger partial charge is 0.419 e. The van der Waals surface area contributed by atoms with Crippen LogP contribution in [0.2, 0.25) is 0 Å². The fourth-order valence-electron chi connectivity index (χ4n) is 2.74. The fourth-order valence-corrected chi connectivity index (χ4v) is 2.74. The maximum Gasteiger partial charge on any atom is 0.419 e. The van der Waals surface area contributed by atoms with Crippen molar-refractivity contribution in [3.05, 3.63) is 29.3 Å². The van der Waals surface area contributed by atoms with Crippen LogP contribution in [0.1, 0.15) is 57.1 Å². The second-order valence-electron chi connectivity index (χ2n) is 7.42. The third-order valence-electron chi connectivity index (χ3n) is 4.71. The van der Waals surface area contributed by atoms with Gasteiger partial charge >= 0.3 is 6.18 Å². The van der Waals surface area contributed by atoms with Gasteiger partial charge in [0.1, 0.15) is 5.75 Å². The average molecular weight is 391 g/mol. The molecule has 4 N–H and O–H groups in total. The molecule has 1 aromatic rings. The summed E-state index contributed by atoms with van der Waals surface area (Å²) in [5.74, 6) is 0.0150. The monoisotopic (exact) mass is 391 g/mol. The van der Waals surface area contributed by atoms with E-state index in [0.29, 0.717) is 5.56 Å². The summed E-state index contributed by atoms with van der Waals surface area (Å²) in [7, 11) is 0. The van der Waals surface area contributed by atoms with Crippen LogP contribution in [0, 0.1) is 5.92 Å². The van der Waals surface area contributed by atoms with E-state index in [1.165, 1.54) is 6.07 Å². The van der Waals surface area contributed by atoms with Crippen molar-refractivity contribution in [2.75, 3.05) is 19.8 Å². The Balaban J connectivity index is 2.81. The van der Waals surface area contributed by atoms with E-state index in [0.717, 1.165) is 31.7 Å². The van der Waals surface area contributed by atoms with Crippen LogP contribution in [0.15, 0.2) is 18.2 Å². The Hall–Kier alpha value is -1.31. The van der Waals surface area contributed by atoms with Gasteiger partial charge in [0.15, 0.2) is 0 Å². The lowest BCUT2D eigenvalue weighted by Crippen LogP contribution is -2.47. The second-order valence-corrected chi connectivity index (χ2v) is 7.42. The van der Waals surface area contributed by atoms with Crippen molar-refractivity contribution in [3.8, 4) is 5.75 Å². The summed E-state index contributed by atoms with van der Waals surface area (Å²) in [5, 5.41) is 18.4. The molecule has 0 radical (unpaired) electrons. The predicted molar refractivity (Wildman–Crippen MR) is 99.7 cm³/mol. The lowest BCUT2D eigenvalue weighted by atomic mass is 9.93. The molecule has 0 spiro atoms. The number of benzene rings is 1. The van der Waals surface area contributed by atoms with Crippen LogP contribution in [-0.2, 0) is 12.6 Å². The molecule has 1 atom stereocenters. The lowest BCUT2D eigenvalue weighted by Gasteiger charge is -2.24. The number of aliphatic hydroxyl groups excluding tert-OH is 2. The second kappa shape index (κ2) is 10.9. The molecule has 1 rings (SSSR count). The molecular formula is C20H32F3NO3. The van der Waals surface area contributed by atoms with Crippen molar-refractivity contribution in [2.45, 2.75) is 64.1 Å². The van der Waals surface area contributed by atoms with E-state index < -0.39 is 30.5 Å². The van der Waals surface area contributed by atoms with E-state index in [4.69, 9.17) is 10.5 Å². The summed E-state index contributed by atoms with van der Waals surface area (Å²) in [6, 6.07) is 3.97. The van der Waals surface area contributed by atoms with Gasteiger partial charge in [-0.2, -0.15) is 13.2 Å². The summed E-state index contributed by atoms with van der Waals surface area (Å²) in [4.78, 5) is 0. The van der Waals surface area contributed by atoms with E-state index in [-0.39, 0.29) is 31.1 Å². The van der Waals surface area contributed by atoms with Crippen LogP contribution in [0.25, 0.3) is 0 Å². The molecule has 0 heterocycles. The highest BCUT2D eigenvalue weighted by molar-refractivity contribution is 5.39. The van der Waals surface area contributed by atoms with Gasteiger partial charge in [0.2, 0.25) is 0 Å². The number of alkyl halides is 3. The van der Waals surface area contributed by atoms with Crippen molar-refractivity contribution in [1.82, 2.24) is 0 Å². The molecule has 7 heteroatoms. The first-order valence-corrected chi connectivity index (χ1v) is 9.48. The highest BCUT2D eigenvalue weighted by Crippen LogP contribution is 2.37. The number of unbranched alkanes of at least 4 members (excludes halogenated alkanes) is 2. The molecule has 1 unspecified atom stereocenters. The lowest BCUT2D eigenvalue weighted by molar-refractivity contribution is -0.139. The number of nitrogens with two attached hydrogens (primary N) is 1. The minimum absolute atomic E-state index is 0.170. The molecule has 4 nitrogen and oxygen atoms in total. The molecular weight excluding hydrogens is 359 g/mol. The molecule has 27 heavy (non-hydrogen) atoms. The zero-order valence-corrected chi connectivity index (χ0v) is 16.2. The standard InChI is InChI=1S/C20H32F3NO3/c1-3-4-5-6-15(2)12-27-18-8-7-16(11-17(18)20(21,22)23)9-10-19(24,13-25)14-26/h7-8,11,15,25-26H,3-6,9-10,12-14,24H2,1-2H3. The van der Waals surface area contributed by atoms with E-state index in [1.54, 1.807) is 6.07 Å². The first-order chi connectivity index (χ1) is 12.6. The van der Waals surface area contributed by atoms with E-state index in [1.807, 2.05) is 6.92 Å². The van der Waals surface area contributed by atoms with Crippen molar-refractivity contribution in [1.29, 1.82) is 0 Å². The van der Waals surface area contributed by atoms with Gasteiger partial charge in [-0.3, -0.25) is 0 Å². The Morgan fingerprint density at radius 2 is 1.81 bits per heavy atom. The molecule has 156 valence electrons. The molecule has 0 amide bonds. The van der Waals surface area contributed by atoms with E-state index >= 15 is 0 Å². The third-order valence-corrected chi connectivity index (χ3v) is 4.71. The Bertz CT molecular complexity index is 560. The molecule has 0 aliphatic carbocycles. The molecule has 0 aromatic heterocycles. The molecule has 1 aromatic carbocycles. The minimum Gasteiger partial charge on any atom is -0.493 e. The van der Waals surface area contributed by atoms with E-state index in [9.17, 15) is 23.4 Å².